The molecule has 2 N–H and O–H groups in total. The van der Waals surface area contributed by atoms with E-state index in [-0.39, 0.29) is 11.3 Å². The van der Waals surface area contributed by atoms with E-state index in [1.54, 1.807) is 6.07 Å². The van der Waals surface area contributed by atoms with E-state index < -0.39 is 23.9 Å². The summed E-state index contributed by atoms with van der Waals surface area (Å²) in [6, 6.07) is 4.65. The molecule has 0 bridgehead atoms. The van der Waals surface area contributed by atoms with Crippen LogP contribution in [-0.2, 0) is 9.59 Å². The highest BCUT2D eigenvalue weighted by Crippen LogP contribution is 2.23. The van der Waals surface area contributed by atoms with E-state index in [4.69, 9.17) is 10.2 Å². The Bertz CT molecular complexity index is 497. The molecule has 1 atom stereocenters. The molecule has 0 aliphatic heterocycles. The molecule has 0 radical (unpaired) electrons. The maximum atomic E-state index is 11.5. The van der Waals surface area contributed by atoms with Crippen LogP contribution in [0, 0.1) is 0 Å². The van der Waals surface area contributed by atoms with E-state index in [9.17, 15) is 14.4 Å². The van der Waals surface area contributed by atoms with Crippen LogP contribution in [0.1, 0.15) is 24.2 Å². The van der Waals surface area contributed by atoms with Gasteiger partial charge in [-0.15, -0.1) is 0 Å². The number of rotatable bonds is 4. The van der Waals surface area contributed by atoms with Gasteiger partial charge in [-0.2, -0.15) is 0 Å². The Labute approximate surface area is 103 Å². The molecule has 1 aromatic carbocycles. The summed E-state index contributed by atoms with van der Waals surface area (Å²) in [7, 11) is 0. The molecule has 0 spiro atoms. The Morgan fingerprint density at radius 2 is 1.72 bits per heavy atom. The van der Waals surface area contributed by atoms with Gasteiger partial charge in [0, 0.05) is 6.92 Å². The molecule has 1 unspecified atom stereocenters. The Morgan fingerprint density at radius 1 is 1.17 bits per heavy atom. The number of anilines is 1. The molecular weight excluding hydrogens is 238 g/mol. The molecule has 0 saturated heterocycles. The highest BCUT2D eigenvalue weighted by molar-refractivity contribution is 6.04. The molecule has 0 fully saturated rings. The molecule has 1 rings (SSSR count). The maximum absolute atomic E-state index is 11.5. The van der Waals surface area contributed by atoms with Crippen LogP contribution in [0.4, 0.5) is 5.69 Å². The third-order valence-corrected chi connectivity index (χ3v) is 2.48. The molecule has 6 nitrogen and oxygen atoms in total. The fraction of sp³-hybridized carbons (Fsp3) is 0.250. The number of hydrogen-bond donors (Lipinski definition) is 2. The zero-order valence-corrected chi connectivity index (χ0v) is 9.95. The van der Waals surface area contributed by atoms with E-state index in [0.717, 1.165) is 4.90 Å². The minimum Gasteiger partial charge on any atom is -0.480 e. The lowest BCUT2D eigenvalue weighted by Gasteiger charge is -2.26. The van der Waals surface area contributed by atoms with Crippen molar-refractivity contribution in [3.63, 3.8) is 0 Å². The van der Waals surface area contributed by atoms with Gasteiger partial charge >= 0.3 is 11.9 Å². The van der Waals surface area contributed by atoms with E-state index in [2.05, 4.69) is 0 Å². The SMILES string of the molecule is CC(=O)N(c1ccccc1C(=O)O)C(C)C(=O)O. The number of amides is 1. The van der Waals surface area contributed by atoms with Crippen LogP contribution in [0.5, 0.6) is 0 Å². The topological polar surface area (TPSA) is 94.9 Å². The van der Waals surface area contributed by atoms with Gasteiger partial charge in [0.25, 0.3) is 0 Å². The fourth-order valence-corrected chi connectivity index (χ4v) is 1.63. The van der Waals surface area contributed by atoms with Crippen LogP contribution >= 0.6 is 0 Å². The average Bonchev–Trinajstić information content (AvgIpc) is 2.28. The van der Waals surface area contributed by atoms with Crippen LogP contribution in [0.3, 0.4) is 0 Å². The lowest BCUT2D eigenvalue weighted by molar-refractivity contribution is -0.139. The van der Waals surface area contributed by atoms with E-state index in [1.807, 2.05) is 0 Å². The maximum Gasteiger partial charge on any atom is 0.337 e. The van der Waals surface area contributed by atoms with Crippen LogP contribution < -0.4 is 4.90 Å². The second-order valence-corrected chi connectivity index (χ2v) is 3.73. The minimum atomic E-state index is -1.21. The van der Waals surface area contributed by atoms with Gasteiger partial charge in [-0.25, -0.2) is 9.59 Å². The highest BCUT2D eigenvalue weighted by Gasteiger charge is 2.27. The summed E-state index contributed by atoms with van der Waals surface area (Å²) in [6.07, 6.45) is 0. The highest BCUT2D eigenvalue weighted by atomic mass is 16.4. The first-order chi connectivity index (χ1) is 8.36. The molecular formula is C12H13NO5. The second-order valence-electron chi connectivity index (χ2n) is 3.73. The van der Waals surface area contributed by atoms with Gasteiger partial charge in [-0.3, -0.25) is 9.69 Å². The van der Waals surface area contributed by atoms with Crippen LogP contribution in [0.2, 0.25) is 0 Å². The lowest BCUT2D eigenvalue weighted by atomic mass is 10.1. The Kier molecular flexibility index (Phi) is 4.04. The van der Waals surface area contributed by atoms with Gasteiger partial charge in [0.2, 0.25) is 5.91 Å². The number of carbonyl (C=O) groups is 3. The standard InChI is InChI=1S/C12H13NO5/c1-7(11(15)16)13(8(2)14)10-6-4-3-5-9(10)12(17)18/h3-7H,1-2H3,(H,15,16)(H,17,18). The summed E-state index contributed by atoms with van der Waals surface area (Å²) in [6.45, 7) is 2.51. The quantitative estimate of drug-likeness (QED) is 0.838. The van der Waals surface area contributed by atoms with Crippen molar-refractivity contribution in [2.75, 3.05) is 4.90 Å². The van der Waals surface area contributed by atoms with Crippen molar-refractivity contribution in [2.45, 2.75) is 19.9 Å². The summed E-state index contributed by atoms with van der Waals surface area (Å²) in [4.78, 5) is 34.5. The van der Waals surface area contributed by atoms with Crippen molar-refractivity contribution < 1.29 is 24.6 Å². The number of aromatic carboxylic acids is 1. The number of hydrogen-bond acceptors (Lipinski definition) is 3. The number of carbonyl (C=O) groups excluding carboxylic acids is 1. The smallest absolute Gasteiger partial charge is 0.337 e. The summed E-state index contributed by atoms with van der Waals surface area (Å²) >= 11 is 0. The summed E-state index contributed by atoms with van der Waals surface area (Å²) < 4.78 is 0. The molecule has 96 valence electrons. The zero-order chi connectivity index (χ0) is 13.9. The summed E-state index contributed by atoms with van der Waals surface area (Å²) in [5.74, 6) is -2.95. The van der Waals surface area contributed by atoms with Crippen molar-refractivity contribution in [3.8, 4) is 0 Å². The van der Waals surface area contributed by atoms with Crippen LogP contribution in [0.25, 0.3) is 0 Å². The molecule has 0 saturated carbocycles. The van der Waals surface area contributed by atoms with Gasteiger partial charge in [-0.1, -0.05) is 12.1 Å². The second kappa shape index (κ2) is 5.31. The monoisotopic (exact) mass is 251 g/mol. The van der Waals surface area contributed by atoms with Crippen LogP contribution in [-0.4, -0.2) is 34.1 Å². The minimum absolute atomic E-state index is 0.0763. The number of aliphatic carboxylic acids is 1. The molecule has 1 aromatic rings. The number of carboxylic acid groups (broad SMARTS) is 2. The third kappa shape index (κ3) is 2.65. The first-order valence-corrected chi connectivity index (χ1v) is 5.21. The lowest BCUT2D eigenvalue weighted by Crippen LogP contribution is -2.43. The first-order valence-electron chi connectivity index (χ1n) is 5.21. The molecule has 18 heavy (non-hydrogen) atoms. The number of benzene rings is 1. The molecule has 1 amide bonds. The van der Waals surface area contributed by atoms with Crippen LogP contribution in [0.15, 0.2) is 24.3 Å². The summed E-state index contributed by atoms with van der Waals surface area (Å²) in [5.41, 5.74) is -0.0341. The Hall–Kier alpha value is -2.37. The number of carboxylic acids is 2. The molecule has 0 aromatic heterocycles. The van der Waals surface area contributed by atoms with Gasteiger partial charge in [-0.05, 0) is 19.1 Å². The average molecular weight is 251 g/mol. The first kappa shape index (κ1) is 13.7. The number of para-hydroxylation sites is 1. The summed E-state index contributed by atoms with van der Waals surface area (Å²) in [5, 5.41) is 18.0. The third-order valence-electron chi connectivity index (χ3n) is 2.48. The molecule has 0 heterocycles. The zero-order valence-electron chi connectivity index (χ0n) is 9.95. The van der Waals surface area contributed by atoms with Crippen molar-refractivity contribution in [1.82, 2.24) is 0 Å². The van der Waals surface area contributed by atoms with Crippen molar-refractivity contribution in [1.29, 1.82) is 0 Å². The number of nitrogens with zero attached hydrogens (tertiary/aromatic N) is 1. The van der Waals surface area contributed by atoms with E-state index >= 15 is 0 Å². The molecule has 6 heteroatoms. The van der Waals surface area contributed by atoms with Gasteiger partial charge < -0.3 is 10.2 Å². The van der Waals surface area contributed by atoms with Gasteiger partial charge in [0.05, 0.1) is 11.3 Å². The Morgan fingerprint density at radius 3 is 2.17 bits per heavy atom. The Balaban J connectivity index is 3.35. The predicted molar refractivity (Wildman–Crippen MR) is 63.7 cm³/mol. The van der Waals surface area contributed by atoms with Crippen molar-refractivity contribution in [2.24, 2.45) is 0 Å². The van der Waals surface area contributed by atoms with E-state index in [0.29, 0.717) is 0 Å². The normalized spacial score (nSPS) is 11.7. The largest absolute Gasteiger partial charge is 0.480 e. The predicted octanol–water partition coefficient (Wildman–Crippen LogP) is 1.21. The fourth-order valence-electron chi connectivity index (χ4n) is 1.63. The van der Waals surface area contributed by atoms with Gasteiger partial charge in [0.15, 0.2) is 0 Å². The van der Waals surface area contributed by atoms with Crippen molar-refractivity contribution >= 4 is 23.5 Å². The molecule has 0 aliphatic carbocycles. The van der Waals surface area contributed by atoms with Crippen molar-refractivity contribution in [3.05, 3.63) is 29.8 Å². The molecule has 0 aliphatic rings. The van der Waals surface area contributed by atoms with E-state index in [1.165, 1.54) is 32.0 Å². The van der Waals surface area contributed by atoms with Gasteiger partial charge in [0.1, 0.15) is 6.04 Å².